The van der Waals surface area contributed by atoms with Gasteiger partial charge >= 0.3 is 6.18 Å². The Bertz CT molecular complexity index is 692. The van der Waals surface area contributed by atoms with Crippen LogP contribution in [0.25, 0.3) is 0 Å². The average Bonchev–Trinajstić information content (AvgIpc) is 2.39. The summed E-state index contributed by atoms with van der Waals surface area (Å²) < 4.78 is 39.5. The van der Waals surface area contributed by atoms with Gasteiger partial charge in [0, 0.05) is 18.7 Å². The second-order valence-electron chi connectivity index (χ2n) is 4.88. The monoisotopic (exact) mass is 296 g/mol. The molecule has 0 amide bonds. The number of rotatable bonds is 3. The van der Waals surface area contributed by atoms with Crippen molar-refractivity contribution in [3.8, 4) is 0 Å². The molecule has 1 aromatic heterocycles. The van der Waals surface area contributed by atoms with Gasteiger partial charge in [-0.3, -0.25) is 4.79 Å². The SMILES string of the molecule is Cc1cccc(C(N)Cn2c(C(F)(F)F)cccc2=O)c1. The van der Waals surface area contributed by atoms with Crippen LogP contribution in [0, 0.1) is 6.92 Å². The third-order valence-electron chi connectivity index (χ3n) is 3.19. The topological polar surface area (TPSA) is 48.0 Å². The second kappa shape index (κ2) is 5.73. The average molecular weight is 296 g/mol. The standard InChI is InChI=1S/C15H15F3N2O/c1-10-4-2-5-11(8-10)12(19)9-20-13(15(16,17)18)6-3-7-14(20)21/h2-8,12H,9,19H2,1H3. The zero-order valence-corrected chi connectivity index (χ0v) is 11.4. The molecular weight excluding hydrogens is 281 g/mol. The molecule has 0 saturated heterocycles. The molecular formula is C15H15F3N2O. The minimum Gasteiger partial charge on any atom is -0.322 e. The lowest BCUT2D eigenvalue weighted by Crippen LogP contribution is -2.31. The van der Waals surface area contributed by atoms with Crippen molar-refractivity contribution >= 4 is 0 Å². The van der Waals surface area contributed by atoms with Crippen LogP contribution in [-0.4, -0.2) is 4.57 Å². The van der Waals surface area contributed by atoms with Gasteiger partial charge in [0.15, 0.2) is 0 Å². The van der Waals surface area contributed by atoms with Gasteiger partial charge < -0.3 is 10.3 Å². The summed E-state index contributed by atoms with van der Waals surface area (Å²) >= 11 is 0. The van der Waals surface area contributed by atoms with E-state index in [-0.39, 0.29) is 6.54 Å². The zero-order chi connectivity index (χ0) is 15.6. The van der Waals surface area contributed by atoms with E-state index < -0.39 is 23.5 Å². The molecule has 0 aliphatic rings. The Kier molecular flexibility index (Phi) is 4.18. The first kappa shape index (κ1) is 15.3. The number of hydrogen-bond acceptors (Lipinski definition) is 2. The molecule has 6 heteroatoms. The van der Waals surface area contributed by atoms with Gasteiger partial charge in [0.2, 0.25) is 0 Å². The first-order valence-electron chi connectivity index (χ1n) is 6.38. The summed E-state index contributed by atoms with van der Waals surface area (Å²) in [6.45, 7) is 1.64. The van der Waals surface area contributed by atoms with Crippen LogP contribution in [0.1, 0.15) is 22.9 Å². The second-order valence-corrected chi connectivity index (χ2v) is 4.88. The molecule has 3 nitrogen and oxygen atoms in total. The number of pyridine rings is 1. The molecule has 0 saturated carbocycles. The predicted molar refractivity (Wildman–Crippen MR) is 73.8 cm³/mol. The van der Waals surface area contributed by atoms with E-state index >= 15 is 0 Å². The highest BCUT2D eigenvalue weighted by atomic mass is 19.4. The fraction of sp³-hybridized carbons (Fsp3) is 0.267. The van der Waals surface area contributed by atoms with E-state index in [2.05, 4.69) is 0 Å². The van der Waals surface area contributed by atoms with Gasteiger partial charge in [-0.15, -0.1) is 0 Å². The molecule has 1 atom stereocenters. The van der Waals surface area contributed by atoms with E-state index in [0.29, 0.717) is 10.1 Å². The van der Waals surface area contributed by atoms with Crippen LogP contribution in [-0.2, 0) is 12.7 Å². The number of hydrogen-bond donors (Lipinski definition) is 1. The lowest BCUT2D eigenvalue weighted by Gasteiger charge is -2.19. The maximum Gasteiger partial charge on any atom is 0.431 e. The van der Waals surface area contributed by atoms with Crippen LogP contribution in [0.15, 0.2) is 47.3 Å². The Morgan fingerprint density at radius 3 is 2.48 bits per heavy atom. The maximum atomic E-state index is 12.9. The molecule has 0 aliphatic heterocycles. The molecule has 0 fully saturated rings. The molecule has 0 bridgehead atoms. The van der Waals surface area contributed by atoms with Crippen LogP contribution in [0.4, 0.5) is 13.2 Å². The van der Waals surface area contributed by atoms with E-state index in [9.17, 15) is 18.0 Å². The molecule has 1 unspecified atom stereocenters. The van der Waals surface area contributed by atoms with Gasteiger partial charge in [0.05, 0.1) is 0 Å². The van der Waals surface area contributed by atoms with Crippen LogP contribution in [0.3, 0.4) is 0 Å². The Hall–Kier alpha value is -2.08. The Morgan fingerprint density at radius 1 is 1.19 bits per heavy atom. The highest BCUT2D eigenvalue weighted by molar-refractivity contribution is 5.25. The van der Waals surface area contributed by atoms with Gasteiger partial charge in [-0.2, -0.15) is 13.2 Å². The summed E-state index contributed by atoms with van der Waals surface area (Å²) in [5, 5.41) is 0. The number of nitrogens with two attached hydrogens (primary N) is 1. The molecule has 1 aromatic carbocycles. The molecule has 0 radical (unpaired) electrons. The quantitative estimate of drug-likeness (QED) is 0.946. The third kappa shape index (κ3) is 3.52. The number of alkyl halides is 3. The zero-order valence-electron chi connectivity index (χ0n) is 11.4. The first-order chi connectivity index (χ1) is 9.79. The number of halogens is 3. The highest BCUT2D eigenvalue weighted by Crippen LogP contribution is 2.28. The van der Waals surface area contributed by atoms with E-state index in [1.54, 1.807) is 18.2 Å². The van der Waals surface area contributed by atoms with Crippen LogP contribution < -0.4 is 11.3 Å². The molecule has 2 N–H and O–H groups in total. The Morgan fingerprint density at radius 2 is 1.86 bits per heavy atom. The Balaban J connectivity index is 2.38. The number of benzene rings is 1. The molecule has 21 heavy (non-hydrogen) atoms. The number of aromatic nitrogens is 1. The lowest BCUT2D eigenvalue weighted by molar-refractivity contribution is -0.144. The fourth-order valence-corrected chi connectivity index (χ4v) is 2.16. The minimum atomic E-state index is -4.59. The summed E-state index contributed by atoms with van der Waals surface area (Å²) in [6.07, 6.45) is -4.59. The molecule has 0 spiro atoms. The number of nitrogens with zero attached hydrogens (tertiary/aromatic N) is 1. The highest BCUT2D eigenvalue weighted by Gasteiger charge is 2.34. The van der Waals surface area contributed by atoms with Crippen molar-refractivity contribution in [3.05, 3.63) is 69.6 Å². The third-order valence-corrected chi connectivity index (χ3v) is 3.19. The number of aryl methyl sites for hydroxylation is 1. The van der Waals surface area contributed by atoms with Crippen molar-refractivity contribution in [1.29, 1.82) is 0 Å². The summed E-state index contributed by atoms with van der Waals surface area (Å²) in [6, 6.07) is 9.56. The van der Waals surface area contributed by atoms with Crippen molar-refractivity contribution in [3.63, 3.8) is 0 Å². The van der Waals surface area contributed by atoms with Crippen molar-refractivity contribution in [2.24, 2.45) is 5.73 Å². The molecule has 0 aliphatic carbocycles. The van der Waals surface area contributed by atoms with E-state index in [1.165, 1.54) is 0 Å². The lowest BCUT2D eigenvalue weighted by atomic mass is 10.0. The molecule has 2 rings (SSSR count). The minimum absolute atomic E-state index is 0.224. The summed E-state index contributed by atoms with van der Waals surface area (Å²) in [5.41, 5.74) is 5.90. The van der Waals surface area contributed by atoms with Crippen molar-refractivity contribution in [2.75, 3.05) is 0 Å². The van der Waals surface area contributed by atoms with Crippen LogP contribution in [0.5, 0.6) is 0 Å². The van der Waals surface area contributed by atoms with Crippen molar-refractivity contribution < 1.29 is 13.2 Å². The van der Waals surface area contributed by atoms with E-state index in [1.807, 2.05) is 13.0 Å². The van der Waals surface area contributed by atoms with Gasteiger partial charge in [0.25, 0.3) is 5.56 Å². The van der Waals surface area contributed by atoms with E-state index in [0.717, 1.165) is 23.8 Å². The first-order valence-corrected chi connectivity index (χ1v) is 6.38. The fourth-order valence-electron chi connectivity index (χ4n) is 2.16. The van der Waals surface area contributed by atoms with Gasteiger partial charge in [-0.25, -0.2) is 0 Å². The van der Waals surface area contributed by atoms with Gasteiger partial charge in [0.1, 0.15) is 5.69 Å². The van der Waals surface area contributed by atoms with E-state index in [4.69, 9.17) is 5.73 Å². The largest absolute Gasteiger partial charge is 0.431 e. The van der Waals surface area contributed by atoms with Crippen LogP contribution in [0.2, 0.25) is 0 Å². The predicted octanol–water partition coefficient (Wildman–Crippen LogP) is 2.88. The van der Waals surface area contributed by atoms with Crippen LogP contribution >= 0.6 is 0 Å². The molecule has 2 aromatic rings. The van der Waals surface area contributed by atoms with Crippen molar-refractivity contribution in [1.82, 2.24) is 4.57 Å². The van der Waals surface area contributed by atoms with Gasteiger partial charge in [-0.05, 0) is 18.6 Å². The Labute approximate surface area is 119 Å². The summed E-state index contributed by atoms with van der Waals surface area (Å²) in [7, 11) is 0. The van der Waals surface area contributed by atoms with Gasteiger partial charge in [-0.1, -0.05) is 35.9 Å². The smallest absolute Gasteiger partial charge is 0.322 e. The molecule has 1 heterocycles. The summed E-state index contributed by atoms with van der Waals surface area (Å²) in [5.74, 6) is 0. The maximum absolute atomic E-state index is 12.9. The van der Waals surface area contributed by atoms with Crippen molar-refractivity contribution in [2.45, 2.75) is 25.7 Å². The normalized spacial score (nSPS) is 13.2. The summed E-state index contributed by atoms with van der Waals surface area (Å²) in [4.78, 5) is 11.7. The molecule has 112 valence electrons.